The highest BCUT2D eigenvalue weighted by atomic mass is 79.9. The Morgan fingerprint density at radius 1 is 1.05 bits per heavy atom. The van der Waals surface area contributed by atoms with Crippen molar-refractivity contribution in [2.45, 2.75) is 19.9 Å². The Kier molecular flexibility index (Phi) is 6.27. The summed E-state index contributed by atoms with van der Waals surface area (Å²) < 4.78 is 7.67. The smallest absolute Gasteiger partial charge is 0.119 e. The Balaban J connectivity index is 2.33. The highest BCUT2D eigenvalue weighted by Crippen LogP contribution is 2.31. The van der Waals surface area contributed by atoms with Crippen LogP contribution in [0.25, 0.3) is 0 Å². The van der Waals surface area contributed by atoms with Gasteiger partial charge in [0.1, 0.15) is 5.75 Å². The van der Waals surface area contributed by atoms with Crippen LogP contribution in [-0.4, -0.2) is 13.2 Å². The zero-order valence-electron chi connectivity index (χ0n) is 12.2. The van der Waals surface area contributed by atoms with Crippen molar-refractivity contribution in [1.82, 2.24) is 5.32 Å². The lowest BCUT2D eigenvalue weighted by Gasteiger charge is -2.21. The van der Waals surface area contributed by atoms with Gasteiger partial charge in [-0.05, 0) is 48.9 Å². The molecule has 0 saturated heterocycles. The van der Waals surface area contributed by atoms with E-state index >= 15 is 0 Å². The first-order valence-electron chi connectivity index (χ1n) is 7.06. The molecule has 0 aliphatic carbocycles. The summed E-state index contributed by atoms with van der Waals surface area (Å²) >= 11 is 7.16. The monoisotopic (exact) mass is 411 g/mol. The van der Waals surface area contributed by atoms with Crippen molar-refractivity contribution >= 4 is 31.9 Å². The average molecular weight is 413 g/mol. The van der Waals surface area contributed by atoms with Crippen molar-refractivity contribution < 1.29 is 4.74 Å². The Morgan fingerprint density at radius 3 is 2.33 bits per heavy atom. The molecule has 0 heterocycles. The van der Waals surface area contributed by atoms with Crippen molar-refractivity contribution in [1.29, 1.82) is 0 Å². The van der Waals surface area contributed by atoms with Gasteiger partial charge in [-0.2, -0.15) is 0 Å². The lowest BCUT2D eigenvalue weighted by Crippen LogP contribution is -2.22. The van der Waals surface area contributed by atoms with Crippen molar-refractivity contribution in [3.63, 3.8) is 0 Å². The molecule has 21 heavy (non-hydrogen) atoms. The minimum Gasteiger partial charge on any atom is -0.494 e. The Hall–Kier alpha value is -0.840. The number of ether oxygens (including phenoxy) is 1. The summed E-state index contributed by atoms with van der Waals surface area (Å²) in [6.45, 7) is 5.71. The number of nitrogens with one attached hydrogen (secondary N) is 1. The van der Waals surface area contributed by atoms with Crippen LogP contribution in [0.5, 0.6) is 5.75 Å². The largest absolute Gasteiger partial charge is 0.494 e. The average Bonchev–Trinajstić information content (AvgIpc) is 2.47. The zero-order valence-corrected chi connectivity index (χ0v) is 15.4. The van der Waals surface area contributed by atoms with Crippen LogP contribution in [0.1, 0.15) is 31.0 Å². The molecule has 2 rings (SSSR count). The zero-order chi connectivity index (χ0) is 15.2. The molecule has 2 aromatic rings. The van der Waals surface area contributed by atoms with Crippen LogP contribution in [0.15, 0.2) is 51.4 Å². The molecule has 0 aromatic heterocycles. The minimum absolute atomic E-state index is 0.160. The molecule has 4 heteroatoms. The molecule has 1 unspecified atom stereocenters. The summed E-state index contributed by atoms with van der Waals surface area (Å²) in [6.07, 6.45) is 0. The maximum absolute atomic E-state index is 5.51. The molecular formula is C17H19Br2NO. The van der Waals surface area contributed by atoms with Gasteiger partial charge in [-0.1, -0.05) is 57.0 Å². The quantitative estimate of drug-likeness (QED) is 0.694. The van der Waals surface area contributed by atoms with E-state index in [0.29, 0.717) is 6.61 Å². The SMILES string of the molecule is CCNC(c1ccc(OCC)cc1)c1ccc(Br)cc1Br. The lowest BCUT2D eigenvalue weighted by molar-refractivity contribution is 0.340. The second-order valence-electron chi connectivity index (χ2n) is 4.66. The number of halogens is 2. The second-order valence-corrected chi connectivity index (χ2v) is 6.43. The maximum Gasteiger partial charge on any atom is 0.119 e. The third-order valence-electron chi connectivity index (χ3n) is 3.21. The molecule has 0 saturated carbocycles. The second kappa shape index (κ2) is 7.97. The van der Waals surface area contributed by atoms with Gasteiger partial charge >= 0.3 is 0 Å². The topological polar surface area (TPSA) is 21.3 Å². The fraction of sp³-hybridized carbons (Fsp3) is 0.294. The molecule has 1 atom stereocenters. The van der Waals surface area contributed by atoms with Crippen LogP contribution in [0.4, 0.5) is 0 Å². The van der Waals surface area contributed by atoms with Gasteiger partial charge in [-0.3, -0.25) is 0 Å². The first-order chi connectivity index (χ1) is 10.2. The van der Waals surface area contributed by atoms with Gasteiger partial charge in [-0.25, -0.2) is 0 Å². The maximum atomic E-state index is 5.51. The van der Waals surface area contributed by atoms with Gasteiger partial charge in [0.25, 0.3) is 0 Å². The molecule has 112 valence electrons. The van der Waals surface area contributed by atoms with E-state index in [0.717, 1.165) is 21.2 Å². The minimum atomic E-state index is 0.160. The predicted molar refractivity (Wildman–Crippen MR) is 95.0 cm³/mol. The highest BCUT2D eigenvalue weighted by Gasteiger charge is 2.16. The standard InChI is InChI=1S/C17H19Br2NO/c1-3-20-17(15-10-7-13(18)11-16(15)19)12-5-8-14(9-6-12)21-4-2/h5-11,17,20H,3-4H2,1-2H3. The van der Waals surface area contributed by atoms with Crippen LogP contribution >= 0.6 is 31.9 Å². The van der Waals surface area contributed by atoms with E-state index in [1.165, 1.54) is 11.1 Å². The van der Waals surface area contributed by atoms with E-state index in [2.05, 4.69) is 74.4 Å². The van der Waals surface area contributed by atoms with Gasteiger partial charge in [0.2, 0.25) is 0 Å². The molecule has 1 N–H and O–H groups in total. The van der Waals surface area contributed by atoms with Crippen molar-refractivity contribution in [3.8, 4) is 5.75 Å². The van der Waals surface area contributed by atoms with Crippen LogP contribution in [0, 0.1) is 0 Å². The summed E-state index contributed by atoms with van der Waals surface area (Å²) in [5.74, 6) is 0.909. The Labute approximate surface area is 143 Å². The van der Waals surface area contributed by atoms with Crippen molar-refractivity contribution in [3.05, 3.63) is 62.5 Å². The van der Waals surface area contributed by atoms with Crippen LogP contribution < -0.4 is 10.1 Å². The van der Waals surface area contributed by atoms with Crippen LogP contribution in [0.2, 0.25) is 0 Å². The molecule has 0 aliphatic heterocycles. The summed E-state index contributed by atoms with van der Waals surface area (Å²) in [6, 6.07) is 14.7. The summed E-state index contributed by atoms with van der Waals surface area (Å²) in [5.41, 5.74) is 2.45. The Morgan fingerprint density at radius 2 is 1.76 bits per heavy atom. The van der Waals surface area contributed by atoms with Gasteiger partial charge in [0, 0.05) is 8.95 Å². The molecular weight excluding hydrogens is 394 g/mol. The van der Waals surface area contributed by atoms with Gasteiger partial charge in [-0.15, -0.1) is 0 Å². The van der Waals surface area contributed by atoms with Crippen LogP contribution in [0.3, 0.4) is 0 Å². The first-order valence-corrected chi connectivity index (χ1v) is 8.65. The normalized spacial score (nSPS) is 12.2. The number of rotatable bonds is 6. The predicted octanol–water partition coefficient (Wildman–Crippen LogP) is 5.31. The van der Waals surface area contributed by atoms with Crippen molar-refractivity contribution in [2.75, 3.05) is 13.2 Å². The summed E-state index contributed by atoms with van der Waals surface area (Å²) in [7, 11) is 0. The van der Waals surface area contributed by atoms with E-state index in [1.807, 2.05) is 19.1 Å². The molecule has 0 spiro atoms. The van der Waals surface area contributed by atoms with E-state index < -0.39 is 0 Å². The summed E-state index contributed by atoms with van der Waals surface area (Å²) in [4.78, 5) is 0. The molecule has 0 aliphatic rings. The highest BCUT2D eigenvalue weighted by molar-refractivity contribution is 9.11. The van der Waals surface area contributed by atoms with E-state index in [4.69, 9.17) is 4.74 Å². The molecule has 0 bridgehead atoms. The van der Waals surface area contributed by atoms with Gasteiger partial charge in [0.15, 0.2) is 0 Å². The molecule has 0 fully saturated rings. The van der Waals surface area contributed by atoms with E-state index in [1.54, 1.807) is 0 Å². The fourth-order valence-electron chi connectivity index (χ4n) is 2.27. The Bertz CT molecular complexity index is 584. The molecule has 0 amide bonds. The number of benzene rings is 2. The number of hydrogen-bond acceptors (Lipinski definition) is 2. The summed E-state index contributed by atoms with van der Waals surface area (Å²) in [5, 5.41) is 3.54. The fourth-order valence-corrected chi connectivity index (χ4v) is 3.55. The molecule has 2 nitrogen and oxygen atoms in total. The third-order valence-corrected chi connectivity index (χ3v) is 4.39. The van der Waals surface area contributed by atoms with E-state index in [9.17, 15) is 0 Å². The first kappa shape index (κ1) is 16.5. The lowest BCUT2D eigenvalue weighted by atomic mass is 9.98. The van der Waals surface area contributed by atoms with Crippen molar-refractivity contribution in [2.24, 2.45) is 0 Å². The number of hydrogen-bond donors (Lipinski definition) is 1. The van der Waals surface area contributed by atoms with E-state index in [-0.39, 0.29) is 6.04 Å². The molecule has 2 aromatic carbocycles. The van der Waals surface area contributed by atoms with Gasteiger partial charge in [0.05, 0.1) is 12.6 Å². The molecule has 0 radical (unpaired) electrons. The third kappa shape index (κ3) is 4.31. The van der Waals surface area contributed by atoms with Crippen LogP contribution in [-0.2, 0) is 0 Å². The van der Waals surface area contributed by atoms with Gasteiger partial charge < -0.3 is 10.1 Å².